The lowest BCUT2D eigenvalue weighted by Gasteiger charge is -2.40. The molecule has 0 fully saturated rings. The van der Waals surface area contributed by atoms with Crippen LogP contribution in [-0.4, -0.2) is 6.67 Å². The van der Waals surface area contributed by atoms with Gasteiger partial charge >= 0.3 is 0 Å². The second-order valence-electron chi connectivity index (χ2n) is 13.7. The Kier molecular flexibility index (Phi) is 16.6. The third kappa shape index (κ3) is 8.56. The number of aryl methyl sites for hydroxylation is 3. The summed E-state index contributed by atoms with van der Waals surface area (Å²) in [6.45, 7) is 37.7. The normalized spacial score (nSPS) is 16.4. The Morgan fingerprint density at radius 1 is 0.900 bits per heavy atom. The molecule has 272 valence electrons. The summed E-state index contributed by atoms with van der Waals surface area (Å²) in [5.41, 5.74) is 15.8. The summed E-state index contributed by atoms with van der Waals surface area (Å²) in [5, 5.41) is 6.58. The first-order chi connectivity index (χ1) is 24.0. The first-order valence-electron chi connectivity index (χ1n) is 19.5. The smallest absolute Gasteiger partial charge is 0.0927 e. The molecule has 0 saturated heterocycles. The molecule has 50 heavy (non-hydrogen) atoms. The molecular weight excluding hydrogens is 605 g/mol. The Balaban J connectivity index is 0.000000996. The van der Waals surface area contributed by atoms with E-state index in [2.05, 4.69) is 160 Å². The van der Waals surface area contributed by atoms with Crippen LogP contribution in [0.15, 0.2) is 90.2 Å². The van der Waals surface area contributed by atoms with Gasteiger partial charge < -0.3 is 10.2 Å². The van der Waals surface area contributed by atoms with E-state index in [9.17, 15) is 0 Å². The molecule has 1 heterocycles. The van der Waals surface area contributed by atoms with Crippen LogP contribution in [0.2, 0.25) is 0 Å². The molecule has 0 spiro atoms. The highest BCUT2D eigenvalue weighted by Gasteiger charge is 2.41. The average Bonchev–Trinajstić information content (AvgIpc) is 3.54. The van der Waals surface area contributed by atoms with Crippen molar-refractivity contribution in [3.63, 3.8) is 0 Å². The van der Waals surface area contributed by atoms with E-state index in [1.165, 1.54) is 85.2 Å². The Morgan fingerprint density at radius 3 is 1.98 bits per heavy atom. The van der Waals surface area contributed by atoms with E-state index in [-0.39, 0.29) is 5.41 Å². The van der Waals surface area contributed by atoms with Crippen LogP contribution < -0.4 is 10.2 Å². The van der Waals surface area contributed by atoms with Crippen molar-refractivity contribution in [1.82, 2.24) is 0 Å². The van der Waals surface area contributed by atoms with E-state index >= 15 is 0 Å². The maximum absolute atomic E-state index is 4.43. The zero-order chi connectivity index (χ0) is 37.8. The van der Waals surface area contributed by atoms with Crippen LogP contribution >= 0.6 is 0 Å². The summed E-state index contributed by atoms with van der Waals surface area (Å²) in [6, 6.07) is 13.8. The van der Waals surface area contributed by atoms with E-state index in [1.54, 1.807) is 0 Å². The van der Waals surface area contributed by atoms with Gasteiger partial charge in [-0.1, -0.05) is 147 Å². The minimum Gasteiger partial charge on any atom is -0.365 e. The van der Waals surface area contributed by atoms with Crippen LogP contribution in [0.3, 0.4) is 0 Å². The fourth-order valence-electron chi connectivity index (χ4n) is 7.82. The number of allylic oxidation sites excluding steroid dienone is 7. The molecule has 2 heteroatoms. The molecule has 0 amide bonds. The first kappa shape index (κ1) is 42.4. The highest BCUT2D eigenvalue weighted by Crippen LogP contribution is 2.58. The number of unbranched alkanes of at least 4 members (excludes halogenated alkanes) is 1. The molecule has 2 unspecified atom stereocenters. The predicted molar refractivity (Wildman–Crippen MR) is 229 cm³/mol. The second kappa shape index (κ2) is 19.6. The summed E-state index contributed by atoms with van der Waals surface area (Å²) in [4.78, 5) is 2.48. The van der Waals surface area contributed by atoms with Gasteiger partial charge in [0, 0.05) is 11.1 Å². The average molecular weight is 675 g/mol. The highest BCUT2D eigenvalue weighted by molar-refractivity contribution is 6.12. The van der Waals surface area contributed by atoms with Crippen molar-refractivity contribution in [1.29, 1.82) is 0 Å². The Hall–Kier alpha value is -3.78. The van der Waals surface area contributed by atoms with Gasteiger partial charge in [-0.05, 0) is 123 Å². The predicted octanol–water partition coefficient (Wildman–Crippen LogP) is 15.2. The lowest BCUT2D eigenvalue weighted by atomic mass is 9.64. The van der Waals surface area contributed by atoms with Crippen LogP contribution in [0.5, 0.6) is 0 Å². The van der Waals surface area contributed by atoms with Crippen molar-refractivity contribution in [2.75, 3.05) is 16.9 Å². The van der Waals surface area contributed by atoms with Crippen molar-refractivity contribution in [2.24, 2.45) is 5.41 Å². The largest absolute Gasteiger partial charge is 0.365 e. The molecule has 0 aromatic heterocycles. The van der Waals surface area contributed by atoms with Gasteiger partial charge in [0.05, 0.1) is 18.0 Å². The third-order valence-corrected chi connectivity index (χ3v) is 10.1. The van der Waals surface area contributed by atoms with E-state index in [4.69, 9.17) is 0 Å². The molecule has 0 bridgehead atoms. The number of nitrogens with one attached hydrogen (secondary N) is 1. The summed E-state index contributed by atoms with van der Waals surface area (Å²) in [7, 11) is 0. The molecule has 2 aliphatic rings. The summed E-state index contributed by atoms with van der Waals surface area (Å²) in [5.74, 6) is 0.350. The summed E-state index contributed by atoms with van der Waals surface area (Å²) in [6.07, 6.45) is 16.3. The Labute approximate surface area is 308 Å². The number of hydrogen-bond donors (Lipinski definition) is 1. The van der Waals surface area contributed by atoms with Crippen molar-refractivity contribution in [3.05, 3.63) is 124 Å². The lowest BCUT2D eigenvalue weighted by molar-refractivity contribution is 0.322. The standard InChI is InChI=1S/C40H48N2.C4H10.2C2H6/c1-11-16-27(7)38(25(4)5)42-24-41-37-36-33(40(10,13-3)21-12-2)20-19-32(34-28(8)22-26(6)23-29(34)9)35(36)30-17-14-15-18-31(30)39(37)42;1-3-4-2;2*1-2/h11-12,14-19,21-23,33,41H,4,13,20,24H2,1-3,5-10H3;3-4H2,1-2H3;2*1-2H3/b16-11-,21-12?,38-27+;;;. The van der Waals surface area contributed by atoms with Gasteiger partial charge in [-0.15, -0.1) is 0 Å². The molecule has 1 aliphatic carbocycles. The number of hydrogen-bond acceptors (Lipinski definition) is 2. The molecule has 1 N–H and O–H groups in total. The van der Waals surface area contributed by atoms with Gasteiger partial charge in [0.1, 0.15) is 0 Å². The van der Waals surface area contributed by atoms with Crippen LogP contribution in [0.4, 0.5) is 11.4 Å². The van der Waals surface area contributed by atoms with Crippen LogP contribution in [0, 0.1) is 26.2 Å². The van der Waals surface area contributed by atoms with Gasteiger partial charge in [-0.25, -0.2) is 0 Å². The van der Waals surface area contributed by atoms with Gasteiger partial charge in [-0.3, -0.25) is 0 Å². The Morgan fingerprint density at radius 2 is 1.48 bits per heavy atom. The number of rotatable bonds is 8. The molecule has 3 aromatic rings. The zero-order valence-corrected chi connectivity index (χ0v) is 34.6. The number of anilines is 2. The van der Waals surface area contributed by atoms with Gasteiger partial charge in [0.15, 0.2) is 0 Å². The third-order valence-electron chi connectivity index (χ3n) is 10.1. The van der Waals surface area contributed by atoms with E-state index in [1.807, 2.05) is 27.7 Å². The lowest BCUT2D eigenvalue weighted by Crippen LogP contribution is -2.26. The monoisotopic (exact) mass is 675 g/mol. The molecule has 2 atom stereocenters. The molecule has 0 radical (unpaired) electrons. The number of benzene rings is 3. The van der Waals surface area contributed by atoms with E-state index in [0.29, 0.717) is 5.92 Å². The molecule has 1 aliphatic heterocycles. The minimum absolute atomic E-state index is 0.0299. The fraction of sp³-hybridized carbons (Fsp3) is 0.458. The van der Waals surface area contributed by atoms with E-state index in [0.717, 1.165) is 25.1 Å². The van der Waals surface area contributed by atoms with Crippen molar-refractivity contribution >= 4 is 27.7 Å². The number of nitrogens with zero attached hydrogens (tertiary/aromatic N) is 1. The second-order valence-corrected chi connectivity index (χ2v) is 13.7. The Bertz CT molecular complexity index is 1700. The maximum Gasteiger partial charge on any atom is 0.0927 e. The molecule has 5 rings (SSSR count). The zero-order valence-electron chi connectivity index (χ0n) is 34.6. The summed E-state index contributed by atoms with van der Waals surface area (Å²) >= 11 is 0. The van der Waals surface area contributed by atoms with Gasteiger partial charge in [-0.2, -0.15) is 0 Å². The van der Waals surface area contributed by atoms with Gasteiger partial charge in [0.25, 0.3) is 0 Å². The van der Waals surface area contributed by atoms with Crippen LogP contribution in [0.25, 0.3) is 16.3 Å². The minimum atomic E-state index is 0.0299. The van der Waals surface area contributed by atoms with Crippen molar-refractivity contribution in [2.45, 2.75) is 135 Å². The molecular formula is C48H70N2. The van der Waals surface area contributed by atoms with Crippen LogP contribution in [-0.2, 0) is 0 Å². The van der Waals surface area contributed by atoms with Crippen molar-refractivity contribution < 1.29 is 0 Å². The highest BCUT2D eigenvalue weighted by atomic mass is 15.3. The summed E-state index contributed by atoms with van der Waals surface area (Å²) < 4.78 is 0. The molecule has 2 nitrogen and oxygen atoms in total. The van der Waals surface area contributed by atoms with Crippen LogP contribution in [0.1, 0.15) is 148 Å². The number of fused-ring (bicyclic) bond motifs is 6. The fourth-order valence-corrected chi connectivity index (χ4v) is 7.82. The maximum atomic E-state index is 4.43. The SMILES string of the molecule is C=C(C)/C(=C(C)\C=C/C)N1CNc2c3c(c4ccccc4c21)C(c1c(C)cc(C)cc1C)=CCC3C(C)(C=CC)CC.CC.CC.CCCC. The topological polar surface area (TPSA) is 15.3 Å². The van der Waals surface area contributed by atoms with E-state index < -0.39 is 0 Å². The van der Waals surface area contributed by atoms with Crippen molar-refractivity contribution in [3.8, 4) is 0 Å². The quantitative estimate of drug-likeness (QED) is 0.189. The first-order valence-corrected chi connectivity index (χ1v) is 19.5. The molecule has 3 aromatic carbocycles. The van der Waals surface area contributed by atoms with Gasteiger partial charge in [0.2, 0.25) is 0 Å². The molecule has 0 saturated carbocycles.